The van der Waals surface area contributed by atoms with Crippen LogP contribution < -0.4 is 16.0 Å². The summed E-state index contributed by atoms with van der Waals surface area (Å²) in [5.41, 5.74) is 0. The van der Waals surface area contributed by atoms with Crippen molar-refractivity contribution >= 4 is 23.6 Å². The number of hydrogen-bond donors (Lipinski definition) is 3. The van der Waals surface area contributed by atoms with Crippen LogP contribution in [0.3, 0.4) is 0 Å². The second kappa shape index (κ2) is 9.87. The Hall–Kier alpha value is -2.10. The third kappa shape index (κ3) is 4.97. The molecular weight excluding hydrogens is 446 g/mol. The van der Waals surface area contributed by atoms with Gasteiger partial charge in [-0.15, -0.1) is 0 Å². The van der Waals surface area contributed by atoms with Gasteiger partial charge in [0.2, 0.25) is 17.7 Å². The minimum absolute atomic E-state index is 0.0140. The molecule has 34 heavy (non-hydrogen) atoms. The lowest BCUT2D eigenvalue weighted by Gasteiger charge is -2.36. The number of alkyl halides is 2. The zero-order valence-electron chi connectivity index (χ0n) is 19.9. The predicted molar refractivity (Wildman–Crippen MR) is 120 cm³/mol. The summed E-state index contributed by atoms with van der Waals surface area (Å²) in [6, 6.07) is -1.77. The summed E-state index contributed by atoms with van der Waals surface area (Å²) in [4.78, 5) is 50.5. The van der Waals surface area contributed by atoms with Crippen LogP contribution in [0.4, 0.5) is 8.78 Å². The largest absolute Gasteiger partial charge is 0.351 e. The highest BCUT2D eigenvalue weighted by Crippen LogP contribution is 2.41. The fourth-order valence-electron chi connectivity index (χ4n) is 6.16. The summed E-state index contributed by atoms with van der Waals surface area (Å²) in [5.74, 6) is -4.88. The van der Waals surface area contributed by atoms with Crippen molar-refractivity contribution in [3.8, 4) is 0 Å². The number of halogens is 2. The maximum Gasteiger partial charge on any atom is 0.339 e. The van der Waals surface area contributed by atoms with Crippen LogP contribution in [0.15, 0.2) is 0 Å². The van der Waals surface area contributed by atoms with E-state index < -0.39 is 29.8 Å². The number of carbonyl (C=O) groups is 4. The van der Waals surface area contributed by atoms with Gasteiger partial charge in [-0.25, -0.2) is 0 Å². The van der Waals surface area contributed by atoms with Gasteiger partial charge in [-0.3, -0.25) is 24.5 Å². The lowest BCUT2D eigenvalue weighted by Crippen LogP contribution is -2.57. The van der Waals surface area contributed by atoms with Gasteiger partial charge in [-0.05, 0) is 68.7 Å². The van der Waals surface area contributed by atoms with Crippen LogP contribution in [0.2, 0.25) is 0 Å². The van der Waals surface area contributed by atoms with E-state index in [9.17, 15) is 28.0 Å². The Morgan fingerprint density at radius 2 is 1.91 bits per heavy atom. The third-order valence-corrected chi connectivity index (χ3v) is 8.40. The van der Waals surface area contributed by atoms with Crippen molar-refractivity contribution in [2.45, 2.75) is 76.8 Å². The molecular formula is C24H36F2N4O4. The molecule has 3 saturated heterocycles. The first-order valence-corrected chi connectivity index (χ1v) is 12.6. The Morgan fingerprint density at radius 3 is 2.56 bits per heavy atom. The van der Waals surface area contributed by atoms with E-state index in [-0.39, 0.29) is 49.0 Å². The SMILES string of the molecule is CC(C)C1CCC(C(F)(F)C(=O)NCC2CCC3C(=O)N(C4CCC(=O)NC4=O)CC3C2)NC1. The lowest BCUT2D eigenvalue weighted by molar-refractivity contribution is -0.152. The van der Waals surface area contributed by atoms with E-state index in [1.54, 1.807) is 4.90 Å². The summed E-state index contributed by atoms with van der Waals surface area (Å²) >= 11 is 0. The number of imide groups is 1. The van der Waals surface area contributed by atoms with Crippen LogP contribution in [0.25, 0.3) is 0 Å². The number of rotatable bonds is 6. The highest BCUT2D eigenvalue weighted by Gasteiger charge is 2.50. The molecule has 4 aliphatic rings. The van der Waals surface area contributed by atoms with Crippen molar-refractivity contribution in [3.05, 3.63) is 0 Å². The highest BCUT2D eigenvalue weighted by molar-refractivity contribution is 6.02. The Balaban J connectivity index is 1.27. The number of carbonyl (C=O) groups excluding carboxylic acids is 4. The molecule has 0 aromatic heterocycles. The molecule has 4 fully saturated rings. The Kier molecular flexibility index (Phi) is 7.26. The molecule has 3 N–H and O–H groups in total. The first kappa shape index (κ1) is 25.0. The van der Waals surface area contributed by atoms with Crippen molar-refractivity contribution in [1.29, 1.82) is 0 Å². The van der Waals surface area contributed by atoms with Crippen LogP contribution in [0.5, 0.6) is 0 Å². The van der Waals surface area contributed by atoms with Crippen LogP contribution in [-0.2, 0) is 19.2 Å². The first-order chi connectivity index (χ1) is 16.1. The van der Waals surface area contributed by atoms with Crippen molar-refractivity contribution < 1.29 is 28.0 Å². The molecule has 0 aromatic rings. The number of nitrogens with zero attached hydrogens (tertiary/aromatic N) is 1. The predicted octanol–water partition coefficient (Wildman–Crippen LogP) is 1.44. The van der Waals surface area contributed by atoms with E-state index in [4.69, 9.17) is 0 Å². The Bertz CT molecular complexity index is 828. The van der Waals surface area contributed by atoms with Crippen molar-refractivity contribution in [2.24, 2.45) is 29.6 Å². The molecule has 6 atom stereocenters. The van der Waals surface area contributed by atoms with E-state index >= 15 is 0 Å². The van der Waals surface area contributed by atoms with Crippen LogP contribution in [0, 0.1) is 29.6 Å². The van der Waals surface area contributed by atoms with Gasteiger partial charge >= 0.3 is 5.92 Å². The summed E-state index contributed by atoms with van der Waals surface area (Å²) in [7, 11) is 0. The number of hydrogen-bond acceptors (Lipinski definition) is 5. The number of piperidine rings is 2. The van der Waals surface area contributed by atoms with Crippen LogP contribution in [0.1, 0.15) is 58.8 Å². The monoisotopic (exact) mass is 482 g/mol. The third-order valence-electron chi connectivity index (χ3n) is 8.40. The summed E-state index contributed by atoms with van der Waals surface area (Å²) in [6.45, 7) is 5.24. The molecule has 0 bridgehead atoms. The van der Waals surface area contributed by atoms with Crippen LogP contribution in [-0.4, -0.2) is 66.2 Å². The zero-order valence-corrected chi connectivity index (χ0v) is 19.9. The van der Waals surface area contributed by atoms with Gasteiger partial charge in [0.05, 0.1) is 6.04 Å². The van der Waals surface area contributed by atoms with Crippen LogP contribution >= 0.6 is 0 Å². The molecule has 3 heterocycles. The molecule has 8 nitrogen and oxygen atoms in total. The van der Waals surface area contributed by atoms with E-state index in [0.717, 1.165) is 0 Å². The quantitative estimate of drug-likeness (QED) is 0.497. The molecule has 1 aliphatic carbocycles. The van der Waals surface area contributed by atoms with Gasteiger partial charge in [-0.1, -0.05) is 13.8 Å². The Labute approximate surface area is 198 Å². The topological polar surface area (TPSA) is 108 Å². The van der Waals surface area contributed by atoms with Gasteiger partial charge in [0.1, 0.15) is 6.04 Å². The fraction of sp³-hybridized carbons (Fsp3) is 0.833. The molecule has 0 aromatic carbocycles. The molecule has 190 valence electrons. The normalized spacial score (nSPS) is 34.7. The molecule has 1 saturated carbocycles. The summed E-state index contributed by atoms with van der Waals surface area (Å²) < 4.78 is 29.6. The minimum atomic E-state index is -3.47. The number of nitrogens with one attached hydrogen (secondary N) is 3. The minimum Gasteiger partial charge on any atom is -0.351 e. The average Bonchev–Trinajstić information content (AvgIpc) is 3.13. The molecule has 4 rings (SSSR count). The van der Waals surface area contributed by atoms with E-state index in [1.165, 1.54) is 0 Å². The smallest absolute Gasteiger partial charge is 0.339 e. The standard InChI is InChI=1S/C24H36F2N4O4/c1-13(2)15-4-7-19(27-11-15)24(25,26)23(34)28-10-14-3-5-17-16(9-14)12-30(22(17)33)18-6-8-20(31)29-21(18)32/h13-19,27H,3-12H2,1-2H3,(H,28,34)(H,29,31,32). The molecule has 10 heteroatoms. The second-order valence-corrected chi connectivity index (χ2v) is 10.9. The number of likely N-dealkylation sites (tertiary alicyclic amines) is 1. The van der Waals surface area contributed by atoms with E-state index in [1.807, 2.05) is 0 Å². The first-order valence-electron chi connectivity index (χ1n) is 12.6. The van der Waals surface area contributed by atoms with Gasteiger partial charge < -0.3 is 15.5 Å². The maximum atomic E-state index is 14.8. The fourth-order valence-corrected chi connectivity index (χ4v) is 6.16. The number of fused-ring (bicyclic) bond motifs is 1. The molecule has 4 amide bonds. The van der Waals surface area contributed by atoms with Crippen molar-refractivity contribution in [2.75, 3.05) is 19.6 Å². The maximum absolute atomic E-state index is 14.8. The van der Waals surface area contributed by atoms with Gasteiger partial charge in [0.25, 0.3) is 5.91 Å². The summed E-state index contributed by atoms with van der Waals surface area (Å²) in [6.07, 6.45) is 3.43. The zero-order chi connectivity index (χ0) is 24.6. The molecule has 0 radical (unpaired) electrons. The van der Waals surface area contributed by atoms with E-state index in [0.29, 0.717) is 57.0 Å². The average molecular weight is 483 g/mol. The summed E-state index contributed by atoms with van der Waals surface area (Å²) in [5, 5.41) is 7.66. The molecule has 0 spiro atoms. The highest BCUT2D eigenvalue weighted by atomic mass is 19.3. The lowest BCUT2D eigenvalue weighted by atomic mass is 9.75. The Morgan fingerprint density at radius 1 is 1.15 bits per heavy atom. The number of amides is 4. The van der Waals surface area contributed by atoms with E-state index in [2.05, 4.69) is 29.8 Å². The second-order valence-electron chi connectivity index (χ2n) is 10.9. The molecule has 6 unspecified atom stereocenters. The van der Waals surface area contributed by atoms with Gasteiger partial charge in [0.15, 0.2) is 0 Å². The molecule has 3 aliphatic heterocycles. The van der Waals surface area contributed by atoms with Crippen molar-refractivity contribution in [1.82, 2.24) is 20.9 Å². The van der Waals surface area contributed by atoms with Crippen molar-refractivity contribution in [3.63, 3.8) is 0 Å². The van der Waals surface area contributed by atoms with Gasteiger partial charge in [0, 0.05) is 25.4 Å². The van der Waals surface area contributed by atoms with Gasteiger partial charge in [-0.2, -0.15) is 8.78 Å².